The number of nitrogens with zero attached hydrogens (tertiary/aromatic N) is 3. The number of hydrogen-bond acceptors (Lipinski definition) is 5. The van der Waals surface area contributed by atoms with Gasteiger partial charge in [-0.1, -0.05) is 109 Å². The molecule has 0 aliphatic rings. The fourth-order valence-corrected chi connectivity index (χ4v) is 8.27. The van der Waals surface area contributed by atoms with Crippen molar-refractivity contribution in [1.29, 1.82) is 0 Å². The van der Waals surface area contributed by atoms with Crippen molar-refractivity contribution in [1.82, 2.24) is 15.0 Å². The highest BCUT2D eigenvalue weighted by atomic mass is 32.1. The molecule has 0 N–H and O–H groups in total. The van der Waals surface area contributed by atoms with Crippen LogP contribution in [0.2, 0.25) is 0 Å². The average molecular weight is 658 g/mol. The van der Waals surface area contributed by atoms with Gasteiger partial charge in [-0.15, -0.1) is 11.3 Å². The predicted octanol–water partition coefficient (Wildman–Crippen LogP) is 12.5. The highest BCUT2D eigenvalue weighted by Gasteiger charge is 2.21. The summed E-state index contributed by atoms with van der Waals surface area (Å²) in [6, 6.07) is 52.8. The predicted molar refractivity (Wildman–Crippen MR) is 207 cm³/mol. The Hall–Kier alpha value is -6.43. The molecule has 10 aromatic rings. The highest BCUT2D eigenvalue weighted by Crippen LogP contribution is 2.46. The molecule has 4 heterocycles. The summed E-state index contributed by atoms with van der Waals surface area (Å²) in [4.78, 5) is 14.7. The van der Waals surface area contributed by atoms with Gasteiger partial charge in [-0.05, 0) is 53.6 Å². The third kappa shape index (κ3) is 4.71. The van der Waals surface area contributed by atoms with Crippen molar-refractivity contribution >= 4 is 53.4 Å². The summed E-state index contributed by atoms with van der Waals surface area (Å²) in [6.45, 7) is 0. The summed E-state index contributed by atoms with van der Waals surface area (Å²) < 4.78 is 9.28. The Balaban J connectivity index is 1.20. The molecule has 4 nitrogen and oxygen atoms in total. The first-order chi connectivity index (χ1) is 24.8. The lowest BCUT2D eigenvalue weighted by Crippen LogP contribution is -1.97. The third-order valence-corrected chi connectivity index (χ3v) is 10.7. The average Bonchev–Trinajstić information content (AvgIpc) is 3.78. The minimum Gasteiger partial charge on any atom is -0.455 e. The fraction of sp³-hybridized carbons (Fsp3) is 0. The Bertz CT molecular complexity index is 2860. The Morgan fingerprint density at radius 1 is 0.460 bits per heavy atom. The SMILES string of the molecule is c1ccc(-c2cc(-c3ccc(-c4ccncc4)cc3)nc(-c3ccc(-c4cccc5c4sc4ccccc45)c4oc5ccccc5c34)n2)cc1. The molecule has 0 fully saturated rings. The summed E-state index contributed by atoms with van der Waals surface area (Å²) in [5, 5.41) is 4.59. The molecule has 6 aromatic carbocycles. The maximum Gasteiger partial charge on any atom is 0.161 e. The quantitative estimate of drug-likeness (QED) is 0.185. The molecule has 0 bridgehead atoms. The van der Waals surface area contributed by atoms with Gasteiger partial charge in [-0.3, -0.25) is 4.98 Å². The van der Waals surface area contributed by atoms with Gasteiger partial charge >= 0.3 is 0 Å². The summed E-state index contributed by atoms with van der Waals surface area (Å²) in [5.41, 5.74) is 10.9. The zero-order chi connectivity index (χ0) is 33.0. The number of hydrogen-bond donors (Lipinski definition) is 0. The molecule has 0 saturated heterocycles. The second-order valence-corrected chi connectivity index (χ2v) is 13.4. The van der Waals surface area contributed by atoms with Crippen molar-refractivity contribution < 1.29 is 4.42 Å². The van der Waals surface area contributed by atoms with E-state index in [4.69, 9.17) is 14.4 Å². The fourth-order valence-electron chi connectivity index (χ4n) is 7.04. The van der Waals surface area contributed by atoms with Crippen LogP contribution in [0.1, 0.15) is 0 Å². The molecule has 5 heteroatoms. The zero-order valence-electron chi connectivity index (χ0n) is 26.7. The van der Waals surface area contributed by atoms with Crippen LogP contribution in [0.3, 0.4) is 0 Å². The van der Waals surface area contributed by atoms with Gasteiger partial charge in [0.1, 0.15) is 11.2 Å². The van der Waals surface area contributed by atoms with Gasteiger partial charge in [0.25, 0.3) is 0 Å². The molecule has 234 valence electrons. The maximum absolute atomic E-state index is 6.75. The van der Waals surface area contributed by atoms with Crippen LogP contribution in [0, 0.1) is 0 Å². The second-order valence-electron chi connectivity index (χ2n) is 12.4. The lowest BCUT2D eigenvalue weighted by molar-refractivity contribution is 0.670. The lowest BCUT2D eigenvalue weighted by atomic mass is 9.96. The number of aromatic nitrogens is 3. The van der Waals surface area contributed by atoms with Gasteiger partial charge < -0.3 is 4.42 Å². The summed E-state index contributed by atoms with van der Waals surface area (Å²) in [7, 11) is 0. The zero-order valence-corrected chi connectivity index (χ0v) is 27.6. The number of benzene rings is 6. The molecule has 10 rings (SSSR count). The number of fused-ring (bicyclic) bond motifs is 6. The largest absolute Gasteiger partial charge is 0.455 e. The van der Waals surface area contributed by atoms with Crippen LogP contribution >= 0.6 is 11.3 Å². The number of para-hydroxylation sites is 1. The van der Waals surface area contributed by atoms with Gasteiger partial charge in [0.15, 0.2) is 5.82 Å². The van der Waals surface area contributed by atoms with Crippen LogP contribution < -0.4 is 0 Å². The summed E-state index contributed by atoms with van der Waals surface area (Å²) in [5.74, 6) is 0.655. The van der Waals surface area contributed by atoms with E-state index in [9.17, 15) is 0 Å². The van der Waals surface area contributed by atoms with E-state index in [0.717, 1.165) is 72.3 Å². The van der Waals surface area contributed by atoms with Crippen LogP contribution in [-0.4, -0.2) is 15.0 Å². The standard InChI is InChI=1S/C45H27N3OS/c1-2-9-30(10-3-1)38-27-39(31-19-17-28(18-20-31)29-23-25-46-26-24-29)48-45(47-38)37-22-21-33(43-42(37)36-12-4-6-15-40(36)49-43)35-14-8-13-34-32-11-5-7-16-41(32)50-44(34)35/h1-27H. The molecular weight excluding hydrogens is 631 g/mol. The van der Waals surface area contributed by atoms with E-state index in [-0.39, 0.29) is 0 Å². The van der Waals surface area contributed by atoms with Crippen LogP contribution in [0.4, 0.5) is 0 Å². The highest BCUT2D eigenvalue weighted by molar-refractivity contribution is 7.26. The molecule has 0 aliphatic heterocycles. The molecule has 0 amide bonds. The number of pyridine rings is 1. The maximum atomic E-state index is 6.75. The van der Waals surface area contributed by atoms with Crippen LogP contribution in [0.15, 0.2) is 168 Å². The Morgan fingerprint density at radius 3 is 1.92 bits per heavy atom. The van der Waals surface area contributed by atoms with E-state index in [1.54, 1.807) is 0 Å². The smallest absolute Gasteiger partial charge is 0.161 e. The molecule has 4 aromatic heterocycles. The summed E-state index contributed by atoms with van der Waals surface area (Å²) >= 11 is 1.83. The van der Waals surface area contributed by atoms with Crippen molar-refractivity contribution in [3.05, 3.63) is 164 Å². The number of rotatable bonds is 5. The summed E-state index contributed by atoms with van der Waals surface area (Å²) in [6.07, 6.45) is 3.64. The van der Waals surface area contributed by atoms with Gasteiger partial charge in [-0.2, -0.15) is 0 Å². The van der Waals surface area contributed by atoms with Crippen molar-refractivity contribution in [2.75, 3.05) is 0 Å². The van der Waals surface area contributed by atoms with Crippen LogP contribution in [-0.2, 0) is 0 Å². The molecule has 0 aliphatic carbocycles. The minimum atomic E-state index is 0.655. The third-order valence-electron chi connectivity index (χ3n) is 9.45. The Labute approximate surface area is 292 Å². The topological polar surface area (TPSA) is 51.8 Å². The molecule has 0 atom stereocenters. The van der Waals surface area contributed by atoms with Crippen molar-refractivity contribution in [2.24, 2.45) is 0 Å². The van der Waals surface area contributed by atoms with E-state index in [2.05, 4.69) is 114 Å². The first-order valence-electron chi connectivity index (χ1n) is 16.6. The second kappa shape index (κ2) is 11.6. The Kier molecular flexibility index (Phi) is 6.64. The van der Waals surface area contributed by atoms with Gasteiger partial charge in [0.05, 0.1) is 11.4 Å². The molecule has 0 radical (unpaired) electrons. The van der Waals surface area contributed by atoms with E-state index in [1.807, 2.05) is 66.2 Å². The number of furan rings is 1. The van der Waals surface area contributed by atoms with Gasteiger partial charge in [0, 0.05) is 71.2 Å². The number of thiophene rings is 1. The molecular formula is C45H27N3OS. The monoisotopic (exact) mass is 657 g/mol. The lowest BCUT2D eigenvalue weighted by Gasteiger charge is -2.12. The minimum absolute atomic E-state index is 0.655. The van der Waals surface area contributed by atoms with Gasteiger partial charge in [-0.25, -0.2) is 9.97 Å². The van der Waals surface area contributed by atoms with Crippen molar-refractivity contribution in [3.8, 4) is 56.2 Å². The molecule has 50 heavy (non-hydrogen) atoms. The van der Waals surface area contributed by atoms with E-state index >= 15 is 0 Å². The van der Waals surface area contributed by atoms with Crippen LogP contribution in [0.25, 0.3) is 98.3 Å². The molecule has 0 saturated carbocycles. The first-order valence-corrected chi connectivity index (χ1v) is 17.4. The molecule has 0 spiro atoms. The van der Waals surface area contributed by atoms with E-state index < -0.39 is 0 Å². The van der Waals surface area contributed by atoms with Gasteiger partial charge in [0.2, 0.25) is 0 Å². The molecule has 0 unspecified atom stereocenters. The van der Waals surface area contributed by atoms with E-state index in [0.29, 0.717) is 5.82 Å². The Morgan fingerprint density at radius 2 is 1.10 bits per heavy atom. The van der Waals surface area contributed by atoms with Crippen molar-refractivity contribution in [3.63, 3.8) is 0 Å². The normalized spacial score (nSPS) is 11.6. The van der Waals surface area contributed by atoms with E-state index in [1.165, 1.54) is 20.2 Å². The first kappa shape index (κ1) is 28.6. The van der Waals surface area contributed by atoms with Crippen LogP contribution in [0.5, 0.6) is 0 Å². The van der Waals surface area contributed by atoms with Crippen molar-refractivity contribution in [2.45, 2.75) is 0 Å².